The van der Waals surface area contributed by atoms with E-state index in [9.17, 15) is 9.59 Å². The Hall–Kier alpha value is -2.42. The van der Waals surface area contributed by atoms with E-state index in [4.69, 9.17) is 4.74 Å². The highest BCUT2D eigenvalue weighted by Crippen LogP contribution is 2.34. The van der Waals surface area contributed by atoms with Gasteiger partial charge in [-0.15, -0.1) is 0 Å². The van der Waals surface area contributed by atoms with Gasteiger partial charge in [-0.1, -0.05) is 24.3 Å². The summed E-state index contributed by atoms with van der Waals surface area (Å²) < 4.78 is 4.86. The number of hydrogen-bond acceptors (Lipinski definition) is 3. The molecule has 2 aliphatic carbocycles. The molecule has 0 amide bonds. The van der Waals surface area contributed by atoms with Crippen LogP contribution >= 0.6 is 0 Å². The molecule has 0 aliphatic heterocycles. The molecule has 3 nitrogen and oxygen atoms in total. The average molecular weight is 320 g/mol. The first-order valence-electron chi connectivity index (χ1n) is 8.52. The fraction of sp³-hybridized carbons (Fsp3) is 0.333. The predicted molar refractivity (Wildman–Crippen MR) is 91.5 cm³/mol. The topological polar surface area (TPSA) is 43.4 Å². The predicted octanol–water partition coefficient (Wildman–Crippen LogP) is 3.56. The molecule has 0 N–H and O–H groups in total. The van der Waals surface area contributed by atoms with Crippen LogP contribution in [0.3, 0.4) is 0 Å². The number of carbonyl (C=O) groups is 2. The van der Waals surface area contributed by atoms with E-state index in [0.717, 1.165) is 30.4 Å². The van der Waals surface area contributed by atoms with E-state index >= 15 is 0 Å². The molecular weight excluding hydrogens is 300 g/mol. The second-order valence-electron chi connectivity index (χ2n) is 6.75. The van der Waals surface area contributed by atoms with E-state index < -0.39 is 0 Å². The molecule has 4 rings (SSSR count). The van der Waals surface area contributed by atoms with Gasteiger partial charge < -0.3 is 4.74 Å². The van der Waals surface area contributed by atoms with Crippen molar-refractivity contribution in [3.8, 4) is 0 Å². The minimum Gasteiger partial charge on any atom is -0.465 e. The number of ether oxygens (including phenoxy) is 1. The summed E-state index contributed by atoms with van der Waals surface area (Å²) in [5.41, 5.74) is 6.29. The number of esters is 1. The van der Waals surface area contributed by atoms with Crippen LogP contribution in [-0.2, 0) is 30.4 Å². The molecule has 122 valence electrons. The lowest BCUT2D eigenvalue weighted by Crippen LogP contribution is -2.15. The Labute approximate surface area is 141 Å². The van der Waals surface area contributed by atoms with E-state index in [2.05, 4.69) is 12.1 Å². The van der Waals surface area contributed by atoms with Crippen LogP contribution in [0, 0.1) is 5.92 Å². The van der Waals surface area contributed by atoms with Crippen LogP contribution in [0.25, 0.3) is 0 Å². The fourth-order valence-corrected chi connectivity index (χ4v) is 4.09. The second-order valence-corrected chi connectivity index (χ2v) is 6.75. The lowest BCUT2D eigenvalue weighted by molar-refractivity contribution is 0.0598. The lowest BCUT2D eigenvalue weighted by atomic mass is 9.93. The molecule has 0 fully saturated rings. The first-order chi connectivity index (χ1) is 11.7. The molecule has 0 radical (unpaired) electrons. The maximum Gasteiger partial charge on any atom is 0.338 e. The van der Waals surface area contributed by atoms with Crippen molar-refractivity contribution in [2.45, 2.75) is 32.1 Å². The van der Waals surface area contributed by atoms with Gasteiger partial charge >= 0.3 is 5.97 Å². The average Bonchev–Trinajstić information content (AvgIpc) is 3.17. The molecule has 0 bridgehead atoms. The summed E-state index contributed by atoms with van der Waals surface area (Å²) in [6, 6.07) is 11.8. The molecule has 24 heavy (non-hydrogen) atoms. The summed E-state index contributed by atoms with van der Waals surface area (Å²) in [6.07, 6.45) is 4.78. The van der Waals surface area contributed by atoms with E-state index in [1.54, 1.807) is 6.07 Å². The number of methoxy groups -OCH3 is 1. The zero-order valence-electron chi connectivity index (χ0n) is 13.8. The summed E-state index contributed by atoms with van der Waals surface area (Å²) in [4.78, 5) is 24.8. The third-order valence-electron chi connectivity index (χ3n) is 5.31. The van der Waals surface area contributed by atoms with Gasteiger partial charge in [-0.25, -0.2) is 4.79 Å². The largest absolute Gasteiger partial charge is 0.465 e. The quantitative estimate of drug-likeness (QED) is 0.812. The molecule has 2 aromatic rings. The number of fused-ring (bicyclic) bond motifs is 2. The molecule has 0 aromatic heterocycles. The maximum atomic E-state index is 12.8. The monoisotopic (exact) mass is 320 g/mol. The molecule has 0 heterocycles. The van der Waals surface area contributed by atoms with Crippen LogP contribution in [-0.4, -0.2) is 18.9 Å². The molecule has 2 aliphatic rings. The first kappa shape index (κ1) is 15.1. The third kappa shape index (κ3) is 2.44. The van der Waals surface area contributed by atoms with Gasteiger partial charge in [0.25, 0.3) is 0 Å². The molecule has 2 aromatic carbocycles. The summed E-state index contributed by atoms with van der Waals surface area (Å²) in [6.45, 7) is 0. The van der Waals surface area contributed by atoms with Gasteiger partial charge in [-0.05, 0) is 66.5 Å². The Morgan fingerprint density at radius 2 is 1.88 bits per heavy atom. The second kappa shape index (κ2) is 5.90. The number of carbonyl (C=O) groups excluding carboxylic acids is 2. The zero-order chi connectivity index (χ0) is 16.7. The highest BCUT2D eigenvalue weighted by molar-refractivity contribution is 6.03. The van der Waals surface area contributed by atoms with Gasteiger partial charge in [-0.2, -0.15) is 0 Å². The summed E-state index contributed by atoms with van der Waals surface area (Å²) >= 11 is 0. The Morgan fingerprint density at radius 3 is 2.67 bits per heavy atom. The van der Waals surface area contributed by atoms with Crippen molar-refractivity contribution >= 4 is 11.8 Å². The van der Waals surface area contributed by atoms with Crippen LogP contribution in [0.1, 0.15) is 49.4 Å². The van der Waals surface area contributed by atoms with Gasteiger partial charge in [0.1, 0.15) is 0 Å². The van der Waals surface area contributed by atoms with Crippen LogP contribution in [0.4, 0.5) is 0 Å². The van der Waals surface area contributed by atoms with Crippen molar-refractivity contribution in [1.29, 1.82) is 0 Å². The van der Waals surface area contributed by atoms with Gasteiger partial charge in [-0.3, -0.25) is 4.79 Å². The highest BCUT2D eigenvalue weighted by Gasteiger charge is 2.32. The fourth-order valence-electron chi connectivity index (χ4n) is 4.09. The van der Waals surface area contributed by atoms with Gasteiger partial charge in [0.15, 0.2) is 5.78 Å². The Balaban J connectivity index is 1.62. The molecule has 3 heteroatoms. The number of Topliss-reactive ketones (excluding diaryl/α,β-unsaturated/α-hetero) is 1. The molecule has 0 saturated heterocycles. The molecule has 0 spiro atoms. The van der Waals surface area contributed by atoms with Crippen molar-refractivity contribution < 1.29 is 14.3 Å². The van der Waals surface area contributed by atoms with Crippen LogP contribution in [0.5, 0.6) is 0 Å². The van der Waals surface area contributed by atoms with E-state index in [1.807, 2.05) is 18.2 Å². The zero-order valence-corrected chi connectivity index (χ0v) is 13.8. The van der Waals surface area contributed by atoms with Crippen molar-refractivity contribution in [2.75, 3.05) is 7.11 Å². The summed E-state index contributed by atoms with van der Waals surface area (Å²) in [5, 5.41) is 0. The third-order valence-corrected chi connectivity index (χ3v) is 5.31. The van der Waals surface area contributed by atoms with Gasteiger partial charge in [0, 0.05) is 11.5 Å². The smallest absolute Gasteiger partial charge is 0.338 e. The molecular formula is C21H20O3. The molecule has 0 saturated carbocycles. The van der Waals surface area contributed by atoms with Crippen molar-refractivity contribution in [3.05, 3.63) is 69.8 Å². The van der Waals surface area contributed by atoms with Gasteiger partial charge in [0.05, 0.1) is 12.7 Å². The standard InChI is InChI=1S/C21H20O3/c1-24-21(23)18-8-3-2-5-15(18)10-17-11-16-9-13-6-4-7-14(13)12-19(16)20(17)22/h2-3,5,8-9,12,17H,4,6-7,10-11H2,1H3/t17-/m1/s1. The number of rotatable bonds is 3. The van der Waals surface area contributed by atoms with Crippen molar-refractivity contribution in [3.63, 3.8) is 0 Å². The molecule has 0 unspecified atom stereocenters. The van der Waals surface area contributed by atoms with Crippen LogP contribution in [0.15, 0.2) is 36.4 Å². The number of aryl methyl sites for hydroxylation is 2. The minimum absolute atomic E-state index is 0.0756. The van der Waals surface area contributed by atoms with Gasteiger partial charge in [0.2, 0.25) is 0 Å². The van der Waals surface area contributed by atoms with E-state index in [1.165, 1.54) is 30.2 Å². The first-order valence-corrected chi connectivity index (χ1v) is 8.52. The van der Waals surface area contributed by atoms with Crippen molar-refractivity contribution in [1.82, 2.24) is 0 Å². The normalized spacial score (nSPS) is 18.4. The Morgan fingerprint density at radius 1 is 1.12 bits per heavy atom. The Kier molecular flexibility index (Phi) is 3.72. The number of hydrogen-bond donors (Lipinski definition) is 0. The maximum absolute atomic E-state index is 12.8. The number of benzene rings is 2. The molecule has 1 atom stereocenters. The highest BCUT2D eigenvalue weighted by atomic mass is 16.5. The Bertz CT molecular complexity index is 835. The van der Waals surface area contributed by atoms with Crippen LogP contribution < -0.4 is 0 Å². The van der Waals surface area contributed by atoms with E-state index in [0.29, 0.717) is 12.0 Å². The van der Waals surface area contributed by atoms with E-state index in [-0.39, 0.29) is 17.7 Å². The summed E-state index contributed by atoms with van der Waals surface area (Å²) in [7, 11) is 1.39. The lowest BCUT2D eigenvalue weighted by Gasteiger charge is -2.11. The SMILES string of the molecule is COC(=O)c1ccccc1C[C@@H]1Cc2cc3c(cc2C1=O)CCC3. The summed E-state index contributed by atoms with van der Waals surface area (Å²) in [5.74, 6) is -0.194. The van der Waals surface area contributed by atoms with Crippen LogP contribution in [0.2, 0.25) is 0 Å². The van der Waals surface area contributed by atoms with Crippen molar-refractivity contribution in [2.24, 2.45) is 5.92 Å². The number of ketones is 1. The minimum atomic E-state index is -0.340.